The van der Waals surface area contributed by atoms with Gasteiger partial charge in [0, 0.05) is 5.69 Å². The number of nitrogens with two attached hydrogens (primary N) is 1. The Bertz CT molecular complexity index is 658. The minimum Gasteiger partial charge on any atom is -0.495 e. The van der Waals surface area contributed by atoms with Crippen LogP contribution in [0.15, 0.2) is 53.6 Å². The van der Waals surface area contributed by atoms with Crippen LogP contribution in [0.25, 0.3) is 0 Å². The molecule has 0 aliphatic carbocycles. The van der Waals surface area contributed by atoms with Gasteiger partial charge < -0.3 is 15.8 Å². The van der Waals surface area contributed by atoms with E-state index in [1.165, 1.54) is 0 Å². The van der Waals surface area contributed by atoms with E-state index < -0.39 is 0 Å². The van der Waals surface area contributed by atoms with Gasteiger partial charge in [-0.05, 0) is 42.0 Å². The Morgan fingerprint density at radius 3 is 2.81 bits per heavy atom. The zero-order valence-electron chi connectivity index (χ0n) is 11.5. The number of ether oxygens (including phenoxy) is 1. The van der Waals surface area contributed by atoms with Gasteiger partial charge in [-0.1, -0.05) is 24.3 Å². The Labute approximate surface area is 128 Å². The first-order chi connectivity index (χ1) is 10.2. The third-order valence-electron chi connectivity index (χ3n) is 2.65. The maximum absolute atomic E-state index is 5.69. The van der Waals surface area contributed by atoms with Crippen molar-refractivity contribution < 1.29 is 4.74 Å². The highest BCUT2D eigenvalue weighted by atomic mass is 32.1. The van der Waals surface area contributed by atoms with Crippen molar-refractivity contribution >= 4 is 34.9 Å². The number of hydrogen-bond acceptors (Lipinski definition) is 4. The molecule has 21 heavy (non-hydrogen) atoms. The van der Waals surface area contributed by atoms with E-state index in [9.17, 15) is 0 Å². The van der Waals surface area contributed by atoms with E-state index in [-0.39, 0.29) is 0 Å². The lowest BCUT2D eigenvalue weighted by Crippen LogP contribution is -2.24. The molecule has 0 atom stereocenters. The van der Waals surface area contributed by atoms with E-state index in [0.717, 1.165) is 11.3 Å². The summed E-state index contributed by atoms with van der Waals surface area (Å²) in [6.07, 6.45) is 1.65. The van der Waals surface area contributed by atoms with Crippen LogP contribution in [0.4, 0.5) is 11.4 Å². The van der Waals surface area contributed by atoms with Gasteiger partial charge >= 0.3 is 0 Å². The number of anilines is 2. The SMILES string of the molecule is COc1ccccc1NC(=S)N/N=C/c1cccc(N)c1. The topological polar surface area (TPSA) is 71.7 Å². The highest BCUT2D eigenvalue weighted by molar-refractivity contribution is 7.80. The summed E-state index contributed by atoms with van der Waals surface area (Å²) in [6.45, 7) is 0. The molecular formula is C15H16N4OS. The molecule has 0 aliphatic rings. The summed E-state index contributed by atoms with van der Waals surface area (Å²) >= 11 is 5.17. The quantitative estimate of drug-likeness (QED) is 0.350. The van der Waals surface area contributed by atoms with Crippen LogP contribution in [0.3, 0.4) is 0 Å². The van der Waals surface area contributed by atoms with Crippen molar-refractivity contribution in [3.63, 3.8) is 0 Å². The highest BCUT2D eigenvalue weighted by Crippen LogP contribution is 2.22. The lowest BCUT2D eigenvalue weighted by atomic mass is 10.2. The summed E-state index contributed by atoms with van der Waals surface area (Å²) in [5.41, 5.74) is 10.8. The van der Waals surface area contributed by atoms with Gasteiger partial charge in [0.1, 0.15) is 5.75 Å². The average Bonchev–Trinajstić information content (AvgIpc) is 2.48. The average molecular weight is 300 g/mol. The maximum atomic E-state index is 5.69. The standard InChI is InChI=1S/C15H16N4OS/c1-20-14-8-3-2-7-13(14)18-15(21)19-17-10-11-5-4-6-12(16)9-11/h2-10H,16H2,1H3,(H2,18,19,21)/b17-10+. The number of nitrogen functional groups attached to an aromatic ring is 1. The first-order valence-electron chi connectivity index (χ1n) is 6.27. The van der Waals surface area contributed by atoms with Crippen molar-refractivity contribution in [2.24, 2.45) is 5.10 Å². The Balaban J connectivity index is 1.93. The van der Waals surface area contributed by atoms with Crippen LogP contribution in [-0.4, -0.2) is 18.4 Å². The number of hydrogen-bond donors (Lipinski definition) is 3. The molecule has 108 valence electrons. The van der Waals surface area contributed by atoms with Crippen molar-refractivity contribution in [2.45, 2.75) is 0 Å². The van der Waals surface area contributed by atoms with Crippen LogP contribution < -0.4 is 21.2 Å². The fourth-order valence-corrected chi connectivity index (χ4v) is 1.87. The molecule has 0 unspecified atom stereocenters. The van der Waals surface area contributed by atoms with E-state index in [1.807, 2.05) is 48.5 Å². The molecule has 2 rings (SSSR count). The van der Waals surface area contributed by atoms with Crippen LogP contribution in [0, 0.1) is 0 Å². The van der Waals surface area contributed by atoms with Gasteiger partial charge in [-0.15, -0.1) is 0 Å². The molecule has 0 radical (unpaired) electrons. The fraction of sp³-hybridized carbons (Fsp3) is 0.0667. The molecule has 6 heteroatoms. The van der Waals surface area contributed by atoms with Gasteiger partial charge in [0.2, 0.25) is 0 Å². The number of thiocarbonyl (C=S) groups is 1. The van der Waals surface area contributed by atoms with Gasteiger partial charge in [0.15, 0.2) is 5.11 Å². The van der Waals surface area contributed by atoms with Crippen molar-refractivity contribution in [2.75, 3.05) is 18.2 Å². The predicted molar refractivity (Wildman–Crippen MR) is 90.8 cm³/mol. The Morgan fingerprint density at radius 2 is 2.05 bits per heavy atom. The zero-order chi connectivity index (χ0) is 15.1. The van der Waals surface area contributed by atoms with Crippen molar-refractivity contribution in [3.8, 4) is 5.75 Å². The molecule has 0 saturated carbocycles. The molecule has 2 aromatic rings. The zero-order valence-corrected chi connectivity index (χ0v) is 12.4. The molecule has 4 N–H and O–H groups in total. The van der Waals surface area contributed by atoms with Gasteiger partial charge in [-0.2, -0.15) is 5.10 Å². The fourth-order valence-electron chi connectivity index (χ4n) is 1.70. The molecule has 0 amide bonds. The molecule has 0 aliphatic heterocycles. The van der Waals surface area contributed by atoms with Gasteiger partial charge in [-0.25, -0.2) is 0 Å². The third kappa shape index (κ3) is 4.47. The van der Waals surface area contributed by atoms with E-state index in [1.54, 1.807) is 13.3 Å². The number of hydrazone groups is 1. The summed E-state index contributed by atoms with van der Waals surface area (Å²) in [6, 6.07) is 14.9. The third-order valence-corrected chi connectivity index (χ3v) is 2.84. The van der Waals surface area contributed by atoms with E-state index in [2.05, 4.69) is 15.8 Å². The van der Waals surface area contributed by atoms with E-state index in [4.69, 9.17) is 22.7 Å². The largest absolute Gasteiger partial charge is 0.495 e. The predicted octanol–water partition coefficient (Wildman–Crippen LogP) is 2.60. The minimum atomic E-state index is 0.375. The van der Waals surface area contributed by atoms with Crippen LogP contribution in [0.5, 0.6) is 5.75 Å². The van der Waals surface area contributed by atoms with Crippen molar-refractivity contribution in [1.82, 2.24) is 5.43 Å². The van der Waals surface area contributed by atoms with Gasteiger partial charge in [0.05, 0.1) is 19.0 Å². The van der Waals surface area contributed by atoms with Crippen LogP contribution in [-0.2, 0) is 0 Å². The summed E-state index contributed by atoms with van der Waals surface area (Å²) in [7, 11) is 1.61. The van der Waals surface area contributed by atoms with Crippen LogP contribution in [0.2, 0.25) is 0 Å². The van der Waals surface area contributed by atoms with Crippen molar-refractivity contribution in [1.29, 1.82) is 0 Å². The normalized spacial score (nSPS) is 10.3. The molecule has 5 nitrogen and oxygen atoms in total. The number of rotatable bonds is 4. The monoisotopic (exact) mass is 300 g/mol. The molecule has 0 saturated heterocycles. The van der Waals surface area contributed by atoms with Crippen LogP contribution in [0.1, 0.15) is 5.56 Å². The van der Waals surface area contributed by atoms with E-state index >= 15 is 0 Å². The smallest absolute Gasteiger partial charge is 0.191 e. The maximum Gasteiger partial charge on any atom is 0.191 e. The number of nitrogens with one attached hydrogen (secondary N) is 2. The van der Waals surface area contributed by atoms with E-state index in [0.29, 0.717) is 16.5 Å². The summed E-state index contributed by atoms with van der Waals surface area (Å²) in [4.78, 5) is 0. The Hall–Kier alpha value is -2.60. The van der Waals surface area contributed by atoms with Crippen molar-refractivity contribution in [3.05, 3.63) is 54.1 Å². The first-order valence-corrected chi connectivity index (χ1v) is 6.68. The lowest BCUT2D eigenvalue weighted by molar-refractivity contribution is 0.417. The highest BCUT2D eigenvalue weighted by Gasteiger charge is 2.02. The molecule has 0 heterocycles. The number of benzene rings is 2. The second kappa shape index (κ2) is 7.25. The number of nitrogens with zero attached hydrogens (tertiary/aromatic N) is 1. The second-order valence-corrected chi connectivity index (χ2v) is 4.60. The summed E-state index contributed by atoms with van der Waals surface area (Å²) in [5, 5.41) is 7.45. The Morgan fingerprint density at radius 1 is 1.24 bits per heavy atom. The molecule has 0 spiro atoms. The Kier molecular flexibility index (Phi) is 5.11. The van der Waals surface area contributed by atoms with Gasteiger partial charge in [0.25, 0.3) is 0 Å². The first kappa shape index (κ1) is 14.8. The number of para-hydroxylation sites is 2. The molecule has 2 aromatic carbocycles. The molecule has 0 bridgehead atoms. The molecular weight excluding hydrogens is 284 g/mol. The molecule has 0 aromatic heterocycles. The summed E-state index contributed by atoms with van der Waals surface area (Å²) < 4.78 is 5.23. The van der Waals surface area contributed by atoms with Crippen LogP contribution >= 0.6 is 12.2 Å². The minimum absolute atomic E-state index is 0.375. The lowest BCUT2D eigenvalue weighted by Gasteiger charge is -2.10. The number of methoxy groups -OCH3 is 1. The summed E-state index contributed by atoms with van der Waals surface area (Å²) in [5.74, 6) is 0.710. The molecule has 0 fully saturated rings. The van der Waals surface area contributed by atoms with Gasteiger partial charge in [-0.3, -0.25) is 5.43 Å². The second-order valence-electron chi connectivity index (χ2n) is 4.19.